The summed E-state index contributed by atoms with van der Waals surface area (Å²) in [7, 11) is 0. The van der Waals surface area contributed by atoms with E-state index in [1.807, 2.05) is 30.3 Å². The Kier molecular flexibility index (Phi) is 13.2. The Morgan fingerprint density at radius 3 is 2.19 bits per heavy atom. The lowest BCUT2D eigenvalue weighted by atomic mass is 10.1. The lowest BCUT2D eigenvalue weighted by molar-refractivity contribution is -0.114. The number of thioether (sulfide) groups is 1. The van der Waals surface area contributed by atoms with Gasteiger partial charge in [-0.3, -0.25) is 19.2 Å². The number of carbonyl (C=O) groups excluding carboxylic acids is 5. The molecule has 4 aromatic carbocycles. The SMILES string of the molecule is CCOC(=O)c1c(NC(=O)CSc2cccc(NC(=O)/C(=C\c3cccc(Br)c3)NC(=O)c3ccccc3)c2)sc(C(=O)Nc2ccccc2)c1C. The molecule has 0 saturated heterocycles. The van der Waals surface area contributed by atoms with Crippen molar-refractivity contribution in [1.82, 2.24) is 5.32 Å². The van der Waals surface area contributed by atoms with Crippen molar-refractivity contribution in [2.45, 2.75) is 18.7 Å². The van der Waals surface area contributed by atoms with Crippen LogP contribution in [-0.4, -0.2) is 42.0 Å². The van der Waals surface area contributed by atoms with E-state index in [1.54, 1.807) is 98.8 Å². The molecule has 264 valence electrons. The van der Waals surface area contributed by atoms with Crippen LogP contribution in [0.25, 0.3) is 6.08 Å². The van der Waals surface area contributed by atoms with Gasteiger partial charge in [-0.1, -0.05) is 70.5 Å². The number of anilines is 3. The number of ether oxygens (including phenoxy) is 1. The number of hydrogen-bond donors (Lipinski definition) is 4. The molecule has 0 saturated carbocycles. The molecule has 0 bridgehead atoms. The quantitative estimate of drug-likeness (QED) is 0.0533. The monoisotopic (exact) mass is 796 g/mol. The molecule has 0 radical (unpaired) electrons. The predicted octanol–water partition coefficient (Wildman–Crippen LogP) is 8.39. The summed E-state index contributed by atoms with van der Waals surface area (Å²) in [6, 6.07) is 31.7. The Morgan fingerprint density at radius 1 is 0.788 bits per heavy atom. The Labute approximate surface area is 317 Å². The molecule has 13 heteroatoms. The number of para-hydroxylation sites is 1. The van der Waals surface area contributed by atoms with E-state index in [9.17, 15) is 24.0 Å². The molecule has 5 rings (SSSR count). The van der Waals surface area contributed by atoms with Crippen LogP contribution in [0.1, 0.15) is 48.4 Å². The number of amides is 4. The molecule has 0 fully saturated rings. The summed E-state index contributed by atoms with van der Waals surface area (Å²) >= 11 is 5.64. The van der Waals surface area contributed by atoms with Gasteiger partial charge in [0.15, 0.2) is 0 Å². The predicted molar refractivity (Wildman–Crippen MR) is 210 cm³/mol. The van der Waals surface area contributed by atoms with Gasteiger partial charge in [-0.25, -0.2) is 4.79 Å². The number of halogens is 1. The Morgan fingerprint density at radius 2 is 1.48 bits per heavy atom. The van der Waals surface area contributed by atoms with Crippen LogP contribution in [0.5, 0.6) is 0 Å². The number of carbonyl (C=O) groups is 5. The molecule has 52 heavy (non-hydrogen) atoms. The fraction of sp³-hybridized carbons (Fsp3) is 0.103. The molecule has 0 spiro atoms. The molecule has 1 aromatic heterocycles. The van der Waals surface area contributed by atoms with Gasteiger partial charge in [0.1, 0.15) is 10.7 Å². The van der Waals surface area contributed by atoms with Crippen molar-refractivity contribution in [3.05, 3.63) is 146 Å². The third kappa shape index (κ3) is 10.3. The molecule has 0 aliphatic carbocycles. The van der Waals surface area contributed by atoms with Gasteiger partial charge in [0.2, 0.25) is 5.91 Å². The maximum atomic E-state index is 13.5. The second kappa shape index (κ2) is 18.1. The van der Waals surface area contributed by atoms with Crippen molar-refractivity contribution in [3.63, 3.8) is 0 Å². The van der Waals surface area contributed by atoms with Crippen LogP contribution in [0.3, 0.4) is 0 Å². The van der Waals surface area contributed by atoms with Crippen molar-refractivity contribution in [2.24, 2.45) is 0 Å². The lowest BCUT2D eigenvalue weighted by Gasteiger charge is -2.12. The van der Waals surface area contributed by atoms with Crippen LogP contribution >= 0.6 is 39.0 Å². The molecule has 0 aliphatic rings. The second-order valence-corrected chi connectivity index (χ2v) is 14.0. The number of esters is 1. The summed E-state index contributed by atoms with van der Waals surface area (Å²) in [6.45, 7) is 3.43. The van der Waals surface area contributed by atoms with Crippen molar-refractivity contribution >= 4 is 91.1 Å². The summed E-state index contributed by atoms with van der Waals surface area (Å²) in [4.78, 5) is 66.7. The molecule has 5 aromatic rings. The molecule has 4 amide bonds. The van der Waals surface area contributed by atoms with E-state index in [0.717, 1.165) is 15.8 Å². The first-order valence-electron chi connectivity index (χ1n) is 16.0. The number of thiophene rings is 1. The average Bonchev–Trinajstić information content (AvgIpc) is 3.46. The molecule has 0 unspecified atom stereocenters. The van der Waals surface area contributed by atoms with Gasteiger partial charge in [0.05, 0.1) is 22.8 Å². The van der Waals surface area contributed by atoms with Gasteiger partial charge in [0.25, 0.3) is 17.7 Å². The first kappa shape index (κ1) is 37.7. The third-order valence-corrected chi connectivity index (χ3v) is 9.96. The van der Waals surface area contributed by atoms with Gasteiger partial charge >= 0.3 is 5.97 Å². The van der Waals surface area contributed by atoms with Gasteiger partial charge in [-0.05, 0) is 85.6 Å². The zero-order chi connectivity index (χ0) is 37.0. The minimum absolute atomic E-state index is 0.0323. The number of benzene rings is 4. The summed E-state index contributed by atoms with van der Waals surface area (Å²) in [6.07, 6.45) is 1.58. The largest absolute Gasteiger partial charge is 0.462 e. The molecule has 4 N–H and O–H groups in total. The van der Waals surface area contributed by atoms with Crippen molar-refractivity contribution in [1.29, 1.82) is 0 Å². The van der Waals surface area contributed by atoms with E-state index in [-0.39, 0.29) is 33.5 Å². The standard InChI is InChI=1S/C39H33BrN4O6S2/c1-3-50-39(49)33-24(2)34(37(48)41-28-16-8-5-9-17-28)52-38(33)44-32(45)23-51-30-19-11-18-29(22-30)42-36(47)31(21-25-12-10-15-27(40)20-25)43-35(46)26-13-6-4-7-14-26/h4-22H,3,23H2,1-2H3,(H,41,48)(H,42,47)(H,43,46)(H,44,45)/b31-21+. The highest BCUT2D eigenvalue weighted by molar-refractivity contribution is 9.10. The van der Waals surface area contributed by atoms with Crippen molar-refractivity contribution < 1.29 is 28.7 Å². The first-order valence-corrected chi connectivity index (χ1v) is 18.6. The number of nitrogens with one attached hydrogen (secondary N) is 4. The fourth-order valence-electron chi connectivity index (χ4n) is 4.86. The smallest absolute Gasteiger partial charge is 0.341 e. The number of hydrogen-bond acceptors (Lipinski definition) is 8. The van der Waals surface area contributed by atoms with Gasteiger partial charge in [-0.15, -0.1) is 23.1 Å². The topological polar surface area (TPSA) is 143 Å². The van der Waals surface area contributed by atoms with Gasteiger partial charge in [-0.2, -0.15) is 0 Å². The van der Waals surface area contributed by atoms with E-state index in [0.29, 0.717) is 33.0 Å². The maximum Gasteiger partial charge on any atom is 0.341 e. The summed E-state index contributed by atoms with van der Waals surface area (Å²) < 4.78 is 6.04. The van der Waals surface area contributed by atoms with Crippen LogP contribution < -0.4 is 21.3 Å². The number of rotatable bonds is 13. The molecular formula is C39H33BrN4O6S2. The minimum Gasteiger partial charge on any atom is -0.462 e. The Balaban J connectivity index is 1.27. The van der Waals surface area contributed by atoms with E-state index in [2.05, 4.69) is 37.2 Å². The maximum absolute atomic E-state index is 13.5. The molecule has 0 aliphatic heterocycles. The van der Waals surface area contributed by atoms with Crippen LogP contribution in [0.2, 0.25) is 0 Å². The third-order valence-electron chi connectivity index (χ3n) is 7.27. The van der Waals surface area contributed by atoms with Crippen LogP contribution in [-0.2, 0) is 14.3 Å². The van der Waals surface area contributed by atoms with E-state index in [4.69, 9.17) is 4.74 Å². The fourth-order valence-corrected chi connectivity index (χ4v) is 7.13. The van der Waals surface area contributed by atoms with Crippen molar-refractivity contribution in [2.75, 3.05) is 28.3 Å². The van der Waals surface area contributed by atoms with E-state index in [1.165, 1.54) is 11.8 Å². The minimum atomic E-state index is -0.644. The molecule has 1 heterocycles. The zero-order valence-electron chi connectivity index (χ0n) is 28.0. The molecular weight excluding hydrogens is 764 g/mol. The lowest BCUT2D eigenvalue weighted by Crippen LogP contribution is -2.30. The van der Waals surface area contributed by atoms with Crippen molar-refractivity contribution in [3.8, 4) is 0 Å². The summed E-state index contributed by atoms with van der Waals surface area (Å²) in [5.41, 5.74) is 2.68. The highest BCUT2D eigenvalue weighted by Gasteiger charge is 2.27. The zero-order valence-corrected chi connectivity index (χ0v) is 31.2. The highest BCUT2D eigenvalue weighted by atomic mass is 79.9. The highest BCUT2D eigenvalue weighted by Crippen LogP contribution is 2.35. The van der Waals surface area contributed by atoms with Crippen LogP contribution in [0, 0.1) is 6.92 Å². The normalized spacial score (nSPS) is 10.9. The average molecular weight is 798 g/mol. The van der Waals surface area contributed by atoms with E-state index >= 15 is 0 Å². The summed E-state index contributed by atoms with van der Waals surface area (Å²) in [5, 5.41) is 11.4. The Bertz CT molecular complexity index is 2140. The Hall–Kier alpha value is -5.50. The second-order valence-electron chi connectivity index (χ2n) is 11.1. The molecule has 10 nitrogen and oxygen atoms in total. The van der Waals surface area contributed by atoms with Crippen LogP contribution in [0.4, 0.5) is 16.4 Å². The van der Waals surface area contributed by atoms with Crippen LogP contribution in [0.15, 0.2) is 124 Å². The molecule has 0 atom stereocenters. The van der Waals surface area contributed by atoms with Gasteiger partial charge < -0.3 is 26.0 Å². The summed E-state index contributed by atoms with van der Waals surface area (Å²) in [5.74, 6) is -2.50. The van der Waals surface area contributed by atoms with E-state index < -0.39 is 29.6 Å². The first-order chi connectivity index (χ1) is 25.1. The van der Waals surface area contributed by atoms with Gasteiger partial charge in [0, 0.05) is 26.3 Å².